The summed E-state index contributed by atoms with van der Waals surface area (Å²) in [6.45, 7) is 9.54. The summed E-state index contributed by atoms with van der Waals surface area (Å²) in [4.78, 5) is 17.3. The predicted molar refractivity (Wildman–Crippen MR) is 142 cm³/mol. The van der Waals surface area contributed by atoms with Crippen molar-refractivity contribution >= 4 is 23.3 Å². The number of aromatic nitrogens is 2. The number of halogens is 3. The van der Waals surface area contributed by atoms with E-state index in [1.165, 1.54) is 0 Å². The fraction of sp³-hybridized carbons (Fsp3) is 0.250. The van der Waals surface area contributed by atoms with Crippen LogP contribution in [0.4, 0.5) is 19.0 Å². The van der Waals surface area contributed by atoms with Gasteiger partial charge in [0.25, 0.3) is 5.91 Å². The molecule has 0 aliphatic carbocycles. The number of benzene rings is 2. The molecule has 3 rings (SSSR count). The number of anilines is 1. The van der Waals surface area contributed by atoms with Crippen LogP contribution in [0, 0.1) is 0 Å². The predicted octanol–water partition coefficient (Wildman–Crippen LogP) is 7.07. The monoisotopic (exact) mass is 509 g/mol. The molecule has 0 bridgehead atoms. The Hall–Kier alpha value is -4.14. The fourth-order valence-corrected chi connectivity index (χ4v) is 3.45. The first-order valence-corrected chi connectivity index (χ1v) is 11.7. The molecule has 1 aromatic heterocycles. The Morgan fingerprint density at radius 3 is 2.35 bits per heavy atom. The first kappa shape index (κ1) is 27.4. The first-order chi connectivity index (χ1) is 17.4. The number of nitrogens with one attached hydrogen (secondary N) is 3. The molecule has 0 saturated carbocycles. The molecule has 194 valence electrons. The number of nitrogens with zero attached hydrogens (tertiary/aromatic N) is 2. The van der Waals surface area contributed by atoms with Gasteiger partial charge < -0.3 is 5.32 Å². The van der Waals surface area contributed by atoms with Crippen molar-refractivity contribution in [1.82, 2.24) is 15.5 Å². The molecule has 0 radical (unpaired) electrons. The van der Waals surface area contributed by atoms with Gasteiger partial charge in [-0.25, -0.2) is 4.99 Å². The molecular weight excluding hydrogens is 479 g/mol. The Morgan fingerprint density at radius 1 is 1.05 bits per heavy atom. The van der Waals surface area contributed by atoms with E-state index in [0.29, 0.717) is 5.82 Å². The van der Waals surface area contributed by atoms with Crippen LogP contribution in [0.1, 0.15) is 56.1 Å². The van der Waals surface area contributed by atoms with E-state index in [4.69, 9.17) is 0 Å². The summed E-state index contributed by atoms with van der Waals surface area (Å²) in [5.41, 5.74) is 2.50. The average Bonchev–Trinajstić information content (AvgIpc) is 3.29. The maximum absolute atomic E-state index is 12.9. The van der Waals surface area contributed by atoms with Gasteiger partial charge in [0.05, 0.1) is 16.8 Å². The van der Waals surface area contributed by atoms with Crippen molar-refractivity contribution in [2.24, 2.45) is 4.99 Å². The third-order valence-corrected chi connectivity index (χ3v) is 5.16. The number of rotatable bonds is 5. The Kier molecular flexibility index (Phi) is 8.37. The Bertz CT molecular complexity index is 1330. The van der Waals surface area contributed by atoms with Gasteiger partial charge in [0.15, 0.2) is 5.82 Å². The molecule has 0 aliphatic rings. The van der Waals surface area contributed by atoms with Crippen LogP contribution < -0.4 is 10.6 Å². The van der Waals surface area contributed by atoms with E-state index < -0.39 is 23.2 Å². The Balaban J connectivity index is 1.85. The Labute approximate surface area is 214 Å². The van der Waals surface area contributed by atoms with Crippen LogP contribution in [-0.2, 0) is 6.18 Å². The lowest BCUT2D eigenvalue weighted by atomic mass is 9.98. The van der Waals surface area contributed by atoms with Gasteiger partial charge in [0, 0.05) is 17.2 Å². The van der Waals surface area contributed by atoms with Gasteiger partial charge in [0.1, 0.15) is 0 Å². The number of guanidine groups is 1. The van der Waals surface area contributed by atoms with Gasteiger partial charge in [-0.1, -0.05) is 42.5 Å². The number of amides is 1. The van der Waals surface area contributed by atoms with Crippen LogP contribution in [0.15, 0.2) is 77.8 Å². The van der Waals surface area contributed by atoms with Crippen LogP contribution in [0.5, 0.6) is 0 Å². The number of hydrogen-bond donors (Lipinski definition) is 3. The minimum Gasteiger partial charge on any atom is -0.309 e. The molecule has 0 saturated heterocycles. The molecule has 0 atom stereocenters. The summed E-state index contributed by atoms with van der Waals surface area (Å²) in [6, 6.07) is 13.7. The second kappa shape index (κ2) is 11.3. The number of aliphatic imine (C=N–C) groups is 1. The third-order valence-electron chi connectivity index (χ3n) is 5.16. The molecule has 3 N–H and O–H groups in total. The summed E-state index contributed by atoms with van der Waals surface area (Å²) < 4.78 is 38.6. The quantitative estimate of drug-likeness (QED) is 0.195. The smallest absolute Gasteiger partial charge is 0.309 e. The van der Waals surface area contributed by atoms with Crippen molar-refractivity contribution in [2.45, 2.75) is 46.3 Å². The summed E-state index contributed by atoms with van der Waals surface area (Å²) in [6.07, 6.45) is 1.48. The van der Waals surface area contributed by atoms with Crippen molar-refractivity contribution in [3.05, 3.63) is 89.5 Å². The third kappa shape index (κ3) is 7.67. The minimum atomic E-state index is -4.48. The lowest BCUT2D eigenvalue weighted by molar-refractivity contribution is -0.137. The summed E-state index contributed by atoms with van der Waals surface area (Å²) in [7, 11) is 0. The van der Waals surface area contributed by atoms with E-state index in [1.807, 2.05) is 77.1 Å². The molecule has 37 heavy (non-hydrogen) atoms. The maximum Gasteiger partial charge on any atom is 0.416 e. The van der Waals surface area contributed by atoms with Crippen molar-refractivity contribution in [3.63, 3.8) is 0 Å². The number of H-pyrrole nitrogens is 1. The molecular formula is C28H30F3N5O. The van der Waals surface area contributed by atoms with E-state index in [0.717, 1.165) is 46.7 Å². The maximum atomic E-state index is 12.9. The van der Waals surface area contributed by atoms with Gasteiger partial charge in [0.2, 0.25) is 5.96 Å². The Morgan fingerprint density at radius 2 is 1.73 bits per heavy atom. The topological polar surface area (TPSA) is 82.2 Å². The van der Waals surface area contributed by atoms with Gasteiger partial charge in [-0.15, -0.1) is 0 Å². The molecule has 0 aliphatic heterocycles. The molecule has 0 fully saturated rings. The lowest BCUT2D eigenvalue weighted by Crippen LogP contribution is -2.38. The minimum absolute atomic E-state index is 0.0662. The highest BCUT2D eigenvalue weighted by atomic mass is 19.4. The fourth-order valence-electron chi connectivity index (χ4n) is 3.45. The van der Waals surface area contributed by atoms with E-state index in [-0.39, 0.29) is 11.5 Å². The summed E-state index contributed by atoms with van der Waals surface area (Å²) in [5.74, 6) is -0.0708. The second-order valence-corrected chi connectivity index (χ2v) is 9.37. The average molecular weight is 510 g/mol. The molecule has 2 aromatic carbocycles. The van der Waals surface area contributed by atoms with Gasteiger partial charge in [-0.05, 0) is 70.0 Å². The summed E-state index contributed by atoms with van der Waals surface area (Å²) in [5, 5.41) is 13.0. The zero-order valence-corrected chi connectivity index (χ0v) is 21.4. The molecule has 9 heteroatoms. The number of allylic oxidation sites excluding steroid dienone is 4. The molecule has 3 aromatic rings. The number of aromatic amines is 1. The van der Waals surface area contributed by atoms with Crippen molar-refractivity contribution in [2.75, 3.05) is 5.32 Å². The van der Waals surface area contributed by atoms with Crippen molar-refractivity contribution in [3.8, 4) is 11.3 Å². The largest absolute Gasteiger partial charge is 0.416 e. The normalized spacial score (nSPS) is 13.2. The van der Waals surface area contributed by atoms with Crippen LogP contribution >= 0.6 is 0 Å². The summed E-state index contributed by atoms with van der Waals surface area (Å²) >= 11 is 0. The van der Waals surface area contributed by atoms with Crippen molar-refractivity contribution < 1.29 is 18.0 Å². The standard InChI is InChI=1S/C28H30F3N5O/c1-6-7-10-18(2)21-11-8-9-12-22(21)23-17-24(36-35-23)32-26(34-27(3,4)5)33-25(37)19-13-15-20(16-14-19)28(29,30)31/h6-17H,1-5H3,(H3,32,33,34,35,36,37)/b7-6-,18-10+. The second-order valence-electron chi connectivity index (χ2n) is 9.37. The molecule has 1 amide bonds. The number of carbonyl (C=O) groups excluding carboxylic acids is 1. The van der Waals surface area contributed by atoms with Crippen molar-refractivity contribution in [1.29, 1.82) is 0 Å². The number of hydrogen-bond acceptors (Lipinski definition) is 3. The molecule has 6 nitrogen and oxygen atoms in total. The molecule has 0 spiro atoms. The van der Waals surface area contributed by atoms with Crippen LogP contribution in [0.25, 0.3) is 16.8 Å². The van der Waals surface area contributed by atoms with Crippen LogP contribution in [0.3, 0.4) is 0 Å². The molecule has 1 heterocycles. The highest BCUT2D eigenvalue weighted by Crippen LogP contribution is 2.30. The number of carbonyl (C=O) groups is 1. The van der Waals surface area contributed by atoms with E-state index in [1.54, 1.807) is 6.07 Å². The first-order valence-electron chi connectivity index (χ1n) is 11.7. The zero-order chi connectivity index (χ0) is 27.2. The van der Waals surface area contributed by atoms with Crippen LogP contribution in [-0.4, -0.2) is 27.6 Å². The SMILES string of the molecule is C/C=C\C=C(/C)c1ccccc1-c1cc(NC(=NC(C)(C)C)NC(=O)c2ccc(C(F)(F)F)cc2)n[nH]1. The van der Waals surface area contributed by atoms with Gasteiger partial charge in [-0.2, -0.15) is 18.3 Å². The number of alkyl halides is 3. The van der Waals surface area contributed by atoms with Crippen LogP contribution in [0.2, 0.25) is 0 Å². The molecule has 0 unspecified atom stereocenters. The highest BCUT2D eigenvalue weighted by Gasteiger charge is 2.30. The van der Waals surface area contributed by atoms with Gasteiger partial charge in [-0.3, -0.25) is 15.2 Å². The van der Waals surface area contributed by atoms with E-state index >= 15 is 0 Å². The highest BCUT2D eigenvalue weighted by molar-refractivity contribution is 6.10. The van der Waals surface area contributed by atoms with Gasteiger partial charge >= 0.3 is 6.18 Å². The van der Waals surface area contributed by atoms with E-state index in [9.17, 15) is 18.0 Å². The lowest BCUT2D eigenvalue weighted by Gasteiger charge is -2.17. The van der Waals surface area contributed by atoms with E-state index in [2.05, 4.69) is 25.8 Å². The zero-order valence-electron chi connectivity index (χ0n) is 21.4.